The van der Waals surface area contributed by atoms with Crippen LogP contribution in [0.25, 0.3) is 0 Å². The zero-order valence-corrected chi connectivity index (χ0v) is 11.6. The van der Waals surface area contributed by atoms with E-state index < -0.39 is 0 Å². The maximum Gasteiger partial charge on any atom is 0.331 e. The van der Waals surface area contributed by atoms with Crippen LogP contribution in [-0.4, -0.2) is 56.4 Å². The molecule has 114 valence electrons. The highest BCUT2D eigenvalue weighted by Crippen LogP contribution is 2.30. The molecular weight excluding hydrogens is 276 g/mol. The minimum atomic E-state index is -0.382. The van der Waals surface area contributed by atoms with Gasteiger partial charge in [-0.15, -0.1) is 0 Å². The Bertz CT molecular complexity index is 506. The number of esters is 1. The average molecular weight is 294 g/mol. The molecule has 0 fully saturated rings. The zero-order chi connectivity index (χ0) is 15.1. The van der Waals surface area contributed by atoms with Gasteiger partial charge in [0.05, 0.1) is 32.1 Å². The van der Waals surface area contributed by atoms with Crippen molar-refractivity contribution >= 4 is 17.6 Å². The molecule has 0 atom stereocenters. The normalized spacial score (nSPS) is 13.6. The van der Waals surface area contributed by atoms with Crippen molar-refractivity contribution in [2.24, 2.45) is 0 Å². The van der Waals surface area contributed by atoms with Crippen molar-refractivity contribution in [2.75, 3.05) is 44.4 Å². The predicted octanol–water partition coefficient (Wildman–Crippen LogP) is -0.463. The van der Waals surface area contributed by atoms with E-state index in [2.05, 4.69) is 5.32 Å². The van der Waals surface area contributed by atoms with Crippen molar-refractivity contribution in [3.05, 3.63) is 24.3 Å². The lowest BCUT2D eigenvalue weighted by atomic mass is 10.2. The van der Waals surface area contributed by atoms with Gasteiger partial charge < -0.3 is 24.8 Å². The lowest BCUT2D eigenvalue weighted by Crippen LogP contribution is -2.44. The number of hydrogen-bond donors (Lipinski definition) is 2. The van der Waals surface area contributed by atoms with E-state index in [1.165, 1.54) is 0 Å². The summed E-state index contributed by atoms with van der Waals surface area (Å²) in [5, 5.41) is 11.2. The molecule has 21 heavy (non-hydrogen) atoms. The number of hydrogen-bond acceptors (Lipinski definition) is 6. The third kappa shape index (κ3) is 4.44. The Kier molecular flexibility index (Phi) is 5.53. The molecule has 1 aromatic carbocycles. The van der Waals surface area contributed by atoms with E-state index >= 15 is 0 Å². The quantitative estimate of drug-likeness (QED) is 0.402. The zero-order valence-electron chi connectivity index (χ0n) is 11.6. The third-order valence-electron chi connectivity index (χ3n) is 2.89. The number of nitrogens with zero attached hydrogens (tertiary/aromatic N) is 1. The second kappa shape index (κ2) is 7.61. The molecule has 1 heterocycles. The highest BCUT2D eigenvalue weighted by atomic mass is 16.5. The highest BCUT2D eigenvalue weighted by Gasteiger charge is 2.24. The summed E-state index contributed by atoms with van der Waals surface area (Å²) >= 11 is 0. The van der Waals surface area contributed by atoms with Crippen LogP contribution < -0.4 is 15.0 Å². The summed E-state index contributed by atoms with van der Waals surface area (Å²) in [6.07, 6.45) is 0. The van der Waals surface area contributed by atoms with E-state index in [9.17, 15) is 9.59 Å². The van der Waals surface area contributed by atoms with E-state index in [0.29, 0.717) is 18.9 Å². The van der Waals surface area contributed by atoms with Crippen LogP contribution in [0.1, 0.15) is 0 Å². The summed E-state index contributed by atoms with van der Waals surface area (Å²) in [6, 6.07) is 7.10. The standard InChI is InChI=1S/C14H18N2O5/c17-6-8-20-7-5-15-13(18)9-16-10-14(19)21-12-4-2-1-3-11(12)16/h1-4,17H,5-10H2,(H,15,18). The molecule has 0 unspecified atom stereocenters. The van der Waals surface area contributed by atoms with Crippen molar-refractivity contribution in [1.82, 2.24) is 5.32 Å². The minimum Gasteiger partial charge on any atom is -0.423 e. The molecule has 1 aliphatic rings. The average Bonchev–Trinajstić information content (AvgIpc) is 2.47. The molecule has 2 rings (SSSR count). The van der Waals surface area contributed by atoms with E-state index in [1.807, 2.05) is 6.07 Å². The van der Waals surface area contributed by atoms with Gasteiger partial charge in [0.25, 0.3) is 0 Å². The summed E-state index contributed by atoms with van der Waals surface area (Å²) in [5.41, 5.74) is 0.726. The highest BCUT2D eigenvalue weighted by molar-refractivity contribution is 5.89. The molecule has 1 aliphatic heterocycles. The molecule has 0 bridgehead atoms. The lowest BCUT2D eigenvalue weighted by molar-refractivity contribution is -0.133. The summed E-state index contributed by atoms with van der Waals surface area (Å²) in [7, 11) is 0. The van der Waals surface area contributed by atoms with E-state index in [1.54, 1.807) is 23.1 Å². The van der Waals surface area contributed by atoms with Crippen molar-refractivity contribution in [2.45, 2.75) is 0 Å². The molecule has 0 saturated carbocycles. The van der Waals surface area contributed by atoms with Gasteiger partial charge in [-0.05, 0) is 12.1 Å². The van der Waals surface area contributed by atoms with Gasteiger partial charge in [0.2, 0.25) is 5.91 Å². The van der Waals surface area contributed by atoms with Crippen molar-refractivity contribution in [3.63, 3.8) is 0 Å². The van der Waals surface area contributed by atoms with Crippen LogP contribution in [-0.2, 0) is 14.3 Å². The molecule has 0 spiro atoms. The summed E-state index contributed by atoms with van der Waals surface area (Å²) in [6.45, 7) is 1.03. The number of amides is 1. The molecule has 0 saturated heterocycles. The Balaban J connectivity index is 1.85. The van der Waals surface area contributed by atoms with Crippen LogP contribution >= 0.6 is 0 Å². The fourth-order valence-corrected chi connectivity index (χ4v) is 2.00. The molecule has 7 heteroatoms. The number of ether oxygens (including phenoxy) is 2. The third-order valence-corrected chi connectivity index (χ3v) is 2.89. The van der Waals surface area contributed by atoms with Crippen LogP contribution in [0.3, 0.4) is 0 Å². The molecule has 0 radical (unpaired) electrons. The van der Waals surface area contributed by atoms with E-state index in [4.69, 9.17) is 14.6 Å². The fourth-order valence-electron chi connectivity index (χ4n) is 2.00. The van der Waals surface area contributed by atoms with E-state index in [0.717, 1.165) is 5.69 Å². The molecule has 7 nitrogen and oxygen atoms in total. The van der Waals surface area contributed by atoms with Gasteiger partial charge in [0.1, 0.15) is 6.54 Å². The Morgan fingerprint density at radius 1 is 1.38 bits per heavy atom. The van der Waals surface area contributed by atoms with Gasteiger partial charge in [-0.3, -0.25) is 4.79 Å². The first kappa shape index (κ1) is 15.3. The largest absolute Gasteiger partial charge is 0.423 e. The number of aliphatic hydroxyl groups is 1. The van der Waals surface area contributed by atoms with Crippen LogP contribution in [0.5, 0.6) is 5.75 Å². The van der Waals surface area contributed by atoms with Crippen molar-refractivity contribution in [1.29, 1.82) is 0 Å². The first-order valence-electron chi connectivity index (χ1n) is 6.70. The van der Waals surface area contributed by atoms with Crippen LogP contribution in [0.4, 0.5) is 5.69 Å². The smallest absolute Gasteiger partial charge is 0.331 e. The van der Waals surface area contributed by atoms with Gasteiger partial charge >= 0.3 is 5.97 Å². The number of rotatable bonds is 7. The van der Waals surface area contributed by atoms with Gasteiger partial charge in [-0.1, -0.05) is 12.1 Å². The summed E-state index contributed by atoms with van der Waals surface area (Å²) in [5.74, 6) is -0.118. The Hall–Kier alpha value is -2.12. The molecule has 2 N–H and O–H groups in total. The second-order valence-electron chi connectivity index (χ2n) is 4.48. The molecule has 1 aromatic rings. The number of nitrogens with one attached hydrogen (secondary N) is 1. The molecular formula is C14H18N2O5. The first-order valence-corrected chi connectivity index (χ1v) is 6.70. The Labute approximate surface area is 122 Å². The first-order chi connectivity index (χ1) is 10.2. The van der Waals surface area contributed by atoms with Crippen LogP contribution in [0.15, 0.2) is 24.3 Å². The molecule has 0 aromatic heterocycles. The summed E-state index contributed by atoms with van der Waals surface area (Å²) in [4.78, 5) is 25.0. The summed E-state index contributed by atoms with van der Waals surface area (Å²) < 4.78 is 10.2. The van der Waals surface area contributed by atoms with Crippen molar-refractivity contribution in [3.8, 4) is 5.75 Å². The van der Waals surface area contributed by atoms with Gasteiger partial charge in [-0.2, -0.15) is 0 Å². The predicted molar refractivity (Wildman–Crippen MR) is 75.2 cm³/mol. The molecule has 1 amide bonds. The minimum absolute atomic E-state index is 0.0411. The second-order valence-corrected chi connectivity index (χ2v) is 4.48. The Morgan fingerprint density at radius 2 is 2.19 bits per heavy atom. The van der Waals surface area contributed by atoms with Gasteiger partial charge in [0, 0.05) is 6.54 Å². The van der Waals surface area contributed by atoms with Crippen molar-refractivity contribution < 1.29 is 24.2 Å². The topological polar surface area (TPSA) is 88.1 Å². The monoisotopic (exact) mass is 294 g/mol. The maximum atomic E-state index is 11.9. The molecule has 0 aliphatic carbocycles. The maximum absolute atomic E-state index is 11.9. The fraction of sp³-hybridized carbons (Fsp3) is 0.429. The number of para-hydroxylation sites is 2. The number of benzene rings is 1. The number of anilines is 1. The van der Waals surface area contributed by atoms with Crippen LogP contribution in [0.2, 0.25) is 0 Å². The van der Waals surface area contributed by atoms with E-state index in [-0.39, 0.29) is 38.2 Å². The van der Waals surface area contributed by atoms with Gasteiger partial charge in [-0.25, -0.2) is 4.79 Å². The van der Waals surface area contributed by atoms with Crippen LogP contribution in [0, 0.1) is 0 Å². The number of carbonyl (C=O) groups is 2. The lowest BCUT2D eigenvalue weighted by Gasteiger charge is -2.29. The SMILES string of the molecule is O=C(CN1CC(=O)Oc2ccccc21)NCCOCCO. The Morgan fingerprint density at radius 3 is 3.00 bits per heavy atom. The number of fused-ring (bicyclic) bond motifs is 1. The number of carbonyl (C=O) groups excluding carboxylic acids is 2. The number of aliphatic hydroxyl groups excluding tert-OH is 1. The van der Waals surface area contributed by atoms with Gasteiger partial charge in [0.15, 0.2) is 5.75 Å².